The first-order valence-corrected chi connectivity index (χ1v) is 7.76. The molecule has 132 valence electrons. The fourth-order valence-corrected chi connectivity index (χ4v) is 1.99. The van der Waals surface area contributed by atoms with E-state index < -0.39 is 24.1 Å². The Bertz CT molecular complexity index is 572. The molecule has 0 saturated carbocycles. The molecule has 7 nitrogen and oxygen atoms in total. The molecule has 1 aromatic rings. The first kappa shape index (κ1) is 19.5. The number of likely N-dealkylation sites (N-methyl/N-ethyl adjacent to an activating group) is 1. The average molecular weight is 335 g/mol. The maximum absolute atomic E-state index is 12.3. The van der Waals surface area contributed by atoms with E-state index in [0.29, 0.717) is 5.69 Å². The molecule has 0 aliphatic carbocycles. The number of hydrogen-bond donors (Lipinski definition) is 2. The molecule has 0 unspecified atom stereocenters. The van der Waals surface area contributed by atoms with Crippen LogP contribution in [-0.2, 0) is 14.3 Å². The first-order chi connectivity index (χ1) is 11.2. The highest BCUT2D eigenvalue weighted by Gasteiger charge is 2.29. The Morgan fingerprint density at radius 2 is 1.62 bits per heavy atom. The van der Waals surface area contributed by atoms with Gasteiger partial charge in [-0.2, -0.15) is 0 Å². The molecule has 7 heteroatoms. The number of carbonyl (C=O) groups is 3. The third kappa shape index (κ3) is 5.91. The van der Waals surface area contributed by atoms with Crippen LogP contribution in [-0.4, -0.2) is 49.0 Å². The van der Waals surface area contributed by atoms with Gasteiger partial charge in [-0.05, 0) is 25.0 Å². The number of amides is 3. The second kappa shape index (κ2) is 8.90. The molecular formula is C17H25N3O4. The van der Waals surface area contributed by atoms with E-state index in [1.54, 1.807) is 52.2 Å². The third-order valence-electron chi connectivity index (χ3n) is 3.32. The number of carbonyl (C=O) groups excluding carboxylic acids is 3. The second-order valence-corrected chi connectivity index (χ2v) is 6.00. The number of esters is 1. The molecule has 24 heavy (non-hydrogen) atoms. The Kier molecular flexibility index (Phi) is 7.23. The van der Waals surface area contributed by atoms with Gasteiger partial charge in [-0.15, -0.1) is 0 Å². The molecule has 0 radical (unpaired) electrons. The molecule has 3 amide bonds. The Morgan fingerprint density at radius 1 is 1.04 bits per heavy atom. The zero-order valence-electron chi connectivity index (χ0n) is 14.7. The van der Waals surface area contributed by atoms with Gasteiger partial charge in [-0.1, -0.05) is 32.0 Å². The van der Waals surface area contributed by atoms with Gasteiger partial charge in [0.25, 0.3) is 5.91 Å². The Labute approximate surface area is 142 Å². The number of urea groups is 1. The summed E-state index contributed by atoms with van der Waals surface area (Å²) in [5, 5.41) is 5.23. The Balaban J connectivity index is 2.67. The minimum atomic E-state index is -0.910. The number of ether oxygens (including phenoxy) is 1. The summed E-state index contributed by atoms with van der Waals surface area (Å²) in [6.07, 6.45) is -0.910. The zero-order chi connectivity index (χ0) is 18.3. The highest BCUT2D eigenvalue weighted by molar-refractivity contribution is 5.93. The number of nitrogens with one attached hydrogen (secondary N) is 2. The lowest BCUT2D eigenvalue weighted by molar-refractivity contribution is -0.160. The van der Waals surface area contributed by atoms with Gasteiger partial charge in [-0.3, -0.25) is 4.79 Å². The van der Waals surface area contributed by atoms with Crippen molar-refractivity contribution >= 4 is 23.6 Å². The summed E-state index contributed by atoms with van der Waals surface area (Å²) in [5.74, 6) is -1.16. The van der Waals surface area contributed by atoms with Crippen LogP contribution in [0.1, 0.15) is 20.8 Å². The quantitative estimate of drug-likeness (QED) is 0.777. The number of rotatable bonds is 6. The second-order valence-electron chi connectivity index (χ2n) is 6.00. The van der Waals surface area contributed by atoms with Gasteiger partial charge in [0.2, 0.25) is 0 Å². The van der Waals surface area contributed by atoms with Gasteiger partial charge in [0.1, 0.15) is 6.04 Å². The largest absolute Gasteiger partial charge is 0.451 e. The van der Waals surface area contributed by atoms with Gasteiger partial charge < -0.3 is 20.3 Å². The summed E-state index contributed by atoms with van der Waals surface area (Å²) in [7, 11) is 3.16. The van der Waals surface area contributed by atoms with E-state index in [-0.39, 0.29) is 11.8 Å². The van der Waals surface area contributed by atoms with Crippen LogP contribution in [0.3, 0.4) is 0 Å². The predicted molar refractivity (Wildman–Crippen MR) is 91.5 cm³/mol. The van der Waals surface area contributed by atoms with Gasteiger partial charge in [-0.25, -0.2) is 9.59 Å². The molecule has 0 aliphatic heterocycles. The lowest BCUT2D eigenvalue weighted by atomic mass is 10.0. The van der Waals surface area contributed by atoms with Crippen molar-refractivity contribution in [1.29, 1.82) is 0 Å². The van der Waals surface area contributed by atoms with Gasteiger partial charge >= 0.3 is 12.0 Å². The summed E-state index contributed by atoms with van der Waals surface area (Å²) < 4.78 is 5.18. The van der Waals surface area contributed by atoms with Crippen LogP contribution in [0.25, 0.3) is 0 Å². The maximum atomic E-state index is 12.3. The molecule has 2 atom stereocenters. The van der Waals surface area contributed by atoms with Crippen molar-refractivity contribution in [3.63, 3.8) is 0 Å². The molecule has 0 aliphatic rings. The first-order valence-electron chi connectivity index (χ1n) is 7.76. The van der Waals surface area contributed by atoms with E-state index in [0.717, 1.165) is 0 Å². The summed E-state index contributed by atoms with van der Waals surface area (Å²) in [6.45, 7) is 5.07. The van der Waals surface area contributed by atoms with E-state index in [4.69, 9.17) is 4.74 Å². The molecule has 0 fully saturated rings. The van der Waals surface area contributed by atoms with Crippen molar-refractivity contribution < 1.29 is 19.1 Å². The van der Waals surface area contributed by atoms with E-state index >= 15 is 0 Å². The SMILES string of the molecule is CC(C)[C@H](NC(=O)Nc1ccccc1)C(=O)O[C@H](C)C(=O)N(C)C. The van der Waals surface area contributed by atoms with Crippen LogP contribution in [0.5, 0.6) is 0 Å². The van der Waals surface area contributed by atoms with Crippen molar-refractivity contribution in [1.82, 2.24) is 10.2 Å². The molecule has 0 spiro atoms. The summed E-state index contributed by atoms with van der Waals surface area (Å²) in [6, 6.07) is 7.52. The van der Waals surface area contributed by atoms with Crippen molar-refractivity contribution in [2.75, 3.05) is 19.4 Å². The lowest BCUT2D eigenvalue weighted by Crippen LogP contribution is -2.48. The fraction of sp³-hybridized carbons (Fsp3) is 0.471. The van der Waals surface area contributed by atoms with E-state index in [1.165, 1.54) is 11.8 Å². The van der Waals surface area contributed by atoms with Crippen molar-refractivity contribution in [3.8, 4) is 0 Å². The van der Waals surface area contributed by atoms with Crippen molar-refractivity contribution in [2.24, 2.45) is 5.92 Å². The molecular weight excluding hydrogens is 310 g/mol. The van der Waals surface area contributed by atoms with Crippen LogP contribution >= 0.6 is 0 Å². The number of anilines is 1. The van der Waals surface area contributed by atoms with Gasteiger partial charge in [0.05, 0.1) is 0 Å². The van der Waals surface area contributed by atoms with E-state index in [9.17, 15) is 14.4 Å². The van der Waals surface area contributed by atoms with E-state index in [2.05, 4.69) is 10.6 Å². The van der Waals surface area contributed by atoms with Crippen LogP contribution < -0.4 is 10.6 Å². The normalized spacial score (nSPS) is 12.9. The standard InChI is InChI=1S/C17H25N3O4/c1-11(2)14(16(22)24-12(3)15(21)20(4)5)19-17(23)18-13-9-7-6-8-10-13/h6-12,14H,1-5H3,(H2,18,19,23)/t12-,14+/m1/s1. The van der Waals surface area contributed by atoms with Crippen molar-refractivity contribution in [2.45, 2.75) is 32.9 Å². The highest BCUT2D eigenvalue weighted by atomic mass is 16.5. The number of benzene rings is 1. The third-order valence-corrected chi connectivity index (χ3v) is 3.32. The minimum absolute atomic E-state index is 0.194. The summed E-state index contributed by atoms with van der Waals surface area (Å²) >= 11 is 0. The van der Waals surface area contributed by atoms with Gasteiger partial charge in [0, 0.05) is 19.8 Å². The molecule has 0 bridgehead atoms. The number of nitrogens with zero attached hydrogens (tertiary/aromatic N) is 1. The number of hydrogen-bond acceptors (Lipinski definition) is 4. The minimum Gasteiger partial charge on any atom is -0.451 e. The lowest BCUT2D eigenvalue weighted by Gasteiger charge is -2.24. The summed E-state index contributed by atoms with van der Waals surface area (Å²) in [5.41, 5.74) is 0.613. The van der Waals surface area contributed by atoms with Crippen molar-refractivity contribution in [3.05, 3.63) is 30.3 Å². The van der Waals surface area contributed by atoms with Crippen LogP contribution in [0.4, 0.5) is 10.5 Å². The van der Waals surface area contributed by atoms with Gasteiger partial charge in [0.15, 0.2) is 6.10 Å². The molecule has 2 N–H and O–H groups in total. The Hall–Kier alpha value is -2.57. The number of para-hydroxylation sites is 1. The molecule has 0 aromatic heterocycles. The predicted octanol–water partition coefficient (Wildman–Crippen LogP) is 1.85. The molecule has 1 aromatic carbocycles. The maximum Gasteiger partial charge on any atom is 0.329 e. The monoisotopic (exact) mass is 335 g/mol. The van der Waals surface area contributed by atoms with Crippen LogP contribution in [0.2, 0.25) is 0 Å². The van der Waals surface area contributed by atoms with Crippen LogP contribution in [0, 0.1) is 5.92 Å². The highest BCUT2D eigenvalue weighted by Crippen LogP contribution is 2.09. The summed E-state index contributed by atoms with van der Waals surface area (Å²) in [4.78, 5) is 37.5. The van der Waals surface area contributed by atoms with E-state index in [1.807, 2.05) is 6.07 Å². The zero-order valence-corrected chi connectivity index (χ0v) is 14.7. The molecule has 0 heterocycles. The molecule has 0 saturated heterocycles. The smallest absolute Gasteiger partial charge is 0.329 e. The fourth-order valence-electron chi connectivity index (χ4n) is 1.99. The average Bonchev–Trinajstić information content (AvgIpc) is 2.52. The topological polar surface area (TPSA) is 87.7 Å². The molecule has 1 rings (SSSR count). The van der Waals surface area contributed by atoms with Crippen LogP contribution in [0.15, 0.2) is 30.3 Å². The Morgan fingerprint density at radius 3 is 2.12 bits per heavy atom.